The average molecular weight is 477 g/mol. The number of carbonyl (C=O) groups excluding carboxylic acids is 1. The molecule has 4 unspecified atom stereocenters. The molecule has 2 rings (SSSR count). The molecule has 2 heterocycles. The number of nitrogens with one attached hydrogen (secondary N) is 2. The van der Waals surface area contributed by atoms with Crippen molar-refractivity contribution in [3.8, 4) is 0 Å². The Bertz CT molecular complexity index is 972. The molecule has 172 valence electrons. The number of amides is 1. The standard InChI is InChI=1S/C17H24N4O8S2/c1-29-8-5-12(22)14(24)17(26,13(23)10-3-6-18-7-4-10)20-15(25)11-9-30-16(19-11)21-31(2,27)28/h3-4,6-7,9,12-14,22-24,26H,5,8H2,1-2H3,(H,19,21)(H,20,25). The molecular formula is C17H24N4O8S2. The summed E-state index contributed by atoms with van der Waals surface area (Å²) in [4.78, 5) is 20.3. The number of hydrogen-bond acceptors (Lipinski definition) is 11. The fourth-order valence-corrected chi connectivity index (χ4v) is 4.17. The van der Waals surface area contributed by atoms with Gasteiger partial charge in [-0.2, -0.15) is 0 Å². The highest BCUT2D eigenvalue weighted by atomic mass is 32.2. The molecule has 2 aromatic rings. The minimum absolute atomic E-state index is 0.0419. The van der Waals surface area contributed by atoms with Crippen LogP contribution in [0.1, 0.15) is 28.6 Å². The van der Waals surface area contributed by atoms with Crippen LogP contribution in [0.4, 0.5) is 5.13 Å². The first-order valence-electron chi connectivity index (χ1n) is 8.89. The zero-order valence-corrected chi connectivity index (χ0v) is 18.3. The number of rotatable bonds is 11. The molecule has 0 aromatic carbocycles. The predicted molar refractivity (Wildman–Crippen MR) is 111 cm³/mol. The smallest absolute Gasteiger partial charge is 0.273 e. The van der Waals surface area contributed by atoms with E-state index in [0.717, 1.165) is 17.6 Å². The first kappa shape index (κ1) is 25.1. The normalized spacial score (nSPS) is 16.7. The van der Waals surface area contributed by atoms with Gasteiger partial charge in [-0.1, -0.05) is 0 Å². The van der Waals surface area contributed by atoms with Gasteiger partial charge in [0.1, 0.15) is 17.9 Å². The van der Waals surface area contributed by atoms with E-state index in [-0.39, 0.29) is 29.4 Å². The third-order valence-corrected chi connectivity index (χ3v) is 5.65. The summed E-state index contributed by atoms with van der Waals surface area (Å²) in [5, 5.41) is 45.9. The zero-order valence-electron chi connectivity index (χ0n) is 16.7. The van der Waals surface area contributed by atoms with Crippen molar-refractivity contribution in [3.05, 3.63) is 41.2 Å². The van der Waals surface area contributed by atoms with Crippen LogP contribution in [-0.4, -0.2) is 82.6 Å². The second-order valence-electron chi connectivity index (χ2n) is 6.67. The van der Waals surface area contributed by atoms with Gasteiger partial charge in [0.15, 0.2) is 10.9 Å². The quantitative estimate of drug-likeness (QED) is 0.215. The van der Waals surface area contributed by atoms with Crippen molar-refractivity contribution in [2.75, 3.05) is 24.7 Å². The molecule has 0 saturated carbocycles. The van der Waals surface area contributed by atoms with Crippen LogP contribution in [0.15, 0.2) is 29.9 Å². The van der Waals surface area contributed by atoms with Crippen LogP contribution >= 0.6 is 11.3 Å². The second kappa shape index (κ2) is 10.4. The molecule has 0 radical (unpaired) electrons. The van der Waals surface area contributed by atoms with E-state index in [0.29, 0.717) is 0 Å². The van der Waals surface area contributed by atoms with Gasteiger partial charge in [0.2, 0.25) is 10.0 Å². The van der Waals surface area contributed by atoms with E-state index in [1.807, 2.05) is 0 Å². The number of hydrogen-bond donors (Lipinski definition) is 6. The summed E-state index contributed by atoms with van der Waals surface area (Å²) >= 11 is 0.818. The minimum atomic E-state index is -3.62. The lowest BCUT2D eigenvalue weighted by atomic mass is 9.90. The number of aliphatic hydroxyl groups is 4. The number of anilines is 1. The molecule has 0 spiro atoms. The number of aromatic nitrogens is 2. The van der Waals surface area contributed by atoms with E-state index in [9.17, 15) is 33.6 Å². The van der Waals surface area contributed by atoms with Crippen LogP contribution < -0.4 is 10.0 Å². The third kappa shape index (κ3) is 6.64. The molecule has 0 bridgehead atoms. The molecule has 0 saturated heterocycles. The Kier molecular flexibility index (Phi) is 8.41. The van der Waals surface area contributed by atoms with Crippen LogP contribution in [0, 0.1) is 0 Å². The first-order chi connectivity index (χ1) is 14.5. The maximum Gasteiger partial charge on any atom is 0.273 e. The highest BCUT2D eigenvalue weighted by Gasteiger charge is 2.48. The Balaban J connectivity index is 2.32. The number of ether oxygens (including phenoxy) is 1. The lowest BCUT2D eigenvalue weighted by molar-refractivity contribution is -0.192. The number of sulfonamides is 1. The maximum atomic E-state index is 12.7. The fourth-order valence-electron chi connectivity index (χ4n) is 2.62. The topological polar surface area (TPSA) is 191 Å². The Morgan fingerprint density at radius 2 is 1.94 bits per heavy atom. The SMILES string of the molecule is COCCC(O)C(O)C(O)(NC(=O)c1csc(NS(C)(=O)=O)n1)C(O)c1ccncc1. The van der Waals surface area contributed by atoms with E-state index in [1.165, 1.54) is 37.0 Å². The fraction of sp³-hybridized carbons (Fsp3) is 0.471. The average Bonchev–Trinajstić information content (AvgIpc) is 3.18. The maximum absolute atomic E-state index is 12.7. The van der Waals surface area contributed by atoms with E-state index in [1.54, 1.807) is 0 Å². The lowest BCUT2D eigenvalue weighted by Gasteiger charge is -2.39. The summed E-state index contributed by atoms with van der Waals surface area (Å²) in [6, 6.07) is 2.71. The zero-order chi connectivity index (χ0) is 23.2. The van der Waals surface area contributed by atoms with Gasteiger partial charge in [-0.25, -0.2) is 13.4 Å². The summed E-state index contributed by atoms with van der Waals surface area (Å²) < 4.78 is 29.6. The summed E-state index contributed by atoms with van der Waals surface area (Å²) in [6.45, 7) is 0.0419. The Morgan fingerprint density at radius 1 is 1.29 bits per heavy atom. The van der Waals surface area contributed by atoms with Gasteiger partial charge in [0, 0.05) is 31.5 Å². The Morgan fingerprint density at radius 3 is 2.52 bits per heavy atom. The van der Waals surface area contributed by atoms with Gasteiger partial charge in [0.05, 0.1) is 12.4 Å². The summed E-state index contributed by atoms with van der Waals surface area (Å²) in [7, 11) is -2.24. The van der Waals surface area contributed by atoms with Crippen molar-refractivity contribution in [3.63, 3.8) is 0 Å². The van der Waals surface area contributed by atoms with E-state index < -0.39 is 40.0 Å². The molecule has 2 aromatic heterocycles. The van der Waals surface area contributed by atoms with Crippen LogP contribution in [-0.2, 0) is 14.8 Å². The van der Waals surface area contributed by atoms with Gasteiger partial charge in [-0.05, 0) is 24.1 Å². The molecule has 0 aliphatic carbocycles. The summed E-state index contributed by atoms with van der Waals surface area (Å²) in [5.41, 5.74) is -2.91. The Hall–Kier alpha value is -2.20. The molecule has 31 heavy (non-hydrogen) atoms. The van der Waals surface area contributed by atoms with Gasteiger partial charge in [-0.15, -0.1) is 11.3 Å². The van der Waals surface area contributed by atoms with E-state index >= 15 is 0 Å². The van der Waals surface area contributed by atoms with Gasteiger partial charge >= 0.3 is 0 Å². The van der Waals surface area contributed by atoms with Crippen molar-refractivity contribution in [2.24, 2.45) is 0 Å². The largest absolute Gasteiger partial charge is 0.390 e. The van der Waals surface area contributed by atoms with Gasteiger partial charge in [0.25, 0.3) is 5.91 Å². The number of methoxy groups -OCH3 is 1. The highest BCUT2D eigenvalue weighted by molar-refractivity contribution is 7.92. The van der Waals surface area contributed by atoms with Gasteiger partial charge in [-0.3, -0.25) is 14.5 Å². The highest BCUT2D eigenvalue weighted by Crippen LogP contribution is 2.30. The monoisotopic (exact) mass is 476 g/mol. The molecule has 0 aliphatic rings. The molecule has 4 atom stereocenters. The first-order valence-corrected chi connectivity index (χ1v) is 11.7. The molecule has 0 aliphatic heterocycles. The number of thiazole rings is 1. The predicted octanol–water partition coefficient (Wildman–Crippen LogP) is -1.18. The molecular weight excluding hydrogens is 452 g/mol. The number of pyridine rings is 1. The second-order valence-corrected chi connectivity index (χ2v) is 9.27. The van der Waals surface area contributed by atoms with Crippen molar-refractivity contribution in [1.82, 2.24) is 15.3 Å². The molecule has 6 N–H and O–H groups in total. The molecule has 1 amide bonds. The number of carbonyl (C=O) groups is 1. The lowest BCUT2D eigenvalue weighted by Crippen LogP contribution is -2.64. The minimum Gasteiger partial charge on any atom is -0.390 e. The van der Waals surface area contributed by atoms with Crippen molar-refractivity contribution in [1.29, 1.82) is 0 Å². The summed E-state index contributed by atoms with van der Waals surface area (Å²) in [6.07, 6.45) is -1.98. The van der Waals surface area contributed by atoms with Crippen LogP contribution in [0.3, 0.4) is 0 Å². The summed E-state index contributed by atoms with van der Waals surface area (Å²) in [5.74, 6) is -1.02. The van der Waals surface area contributed by atoms with Crippen molar-refractivity contribution >= 4 is 32.4 Å². The van der Waals surface area contributed by atoms with Crippen LogP contribution in [0.2, 0.25) is 0 Å². The number of aliphatic hydroxyl groups excluding tert-OH is 3. The van der Waals surface area contributed by atoms with Crippen molar-refractivity contribution in [2.45, 2.75) is 30.5 Å². The third-order valence-electron chi connectivity index (χ3n) is 4.20. The van der Waals surface area contributed by atoms with Gasteiger partial charge < -0.3 is 30.5 Å². The van der Waals surface area contributed by atoms with E-state index in [2.05, 4.69) is 20.0 Å². The van der Waals surface area contributed by atoms with E-state index in [4.69, 9.17) is 4.74 Å². The van der Waals surface area contributed by atoms with Crippen LogP contribution in [0.25, 0.3) is 0 Å². The molecule has 14 heteroatoms. The van der Waals surface area contributed by atoms with Crippen LogP contribution in [0.5, 0.6) is 0 Å². The molecule has 12 nitrogen and oxygen atoms in total. The molecule has 0 fully saturated rings. The van der Waals surface area contributed by atoms with Crippen molar-refractivity contribution < 1.29 is 38.4 Å². The Labute approximate surface area is 182 Å². The number of nitrogens with zero attached hydrogens (tertiary/aromatic N) is 2.